The minimum Gasteiger partial charge on any atom is -0.399 e. The largest absolute Gasteiger partial charge is 0.416 e. The molecule has 7 heteroatoms. The van der Waals surface area contributed by atoms with Crippen LogP contribution in [0.15, 0.2) is 18.2 Å². The summed E-state index contributed by atoms with van der Waals surface area (Å²) in [6, 6.07) is 3.44. The predicted octanol–water partition coefficient (Wildman–Crippen LogP) is 3.26. The molecule has 0 saturated carbocycles. The number of benzene rings is 1. The second-order valence-corrected chi connectivity index (χ2v) is 4.56. The molecule has 0 radical (unpaired) electrons. The van der Waals surface area contributed by atoms with Crippen LogP contribution in [0.4, 0.5) is 18.9 Å². The molecule has 0 unspecified atom stereocenters. The summed E-state index contributed by atoms with van der Waals surface area (Å²) in [6.45, 7) is 4.39. The zero-order valence-corrected chi connectivity index (χ0v) is 11.2. The molecule has 20 heavy (non-hydrogen) atoms. The highest BCUT2D eigenvalue weighted by atomic mass is 19.4. The van der Waals surface area contributed by atoms with Crippen LogP contribution < -0.4 is 5.73 Å². The number of halogens is 3. The Morgan fingerprint density at radius 3 is 2.50 bits per heavy atom. The van der Waals surface area contributed by atoms with Crippen molar-refractivity contribution in [2.75, 3.05) is 5.73 Å². The average Bonchev–Trinajstić information content (AvgIpc) is 2.70. The molecule has 2 N–H and O–H groups in total. The van der Waals surface area contributed by atoms with Gasteiger partial charge in [-0.3, -0.25) is 0 Å². The van der Waals surface area contributed by atoms with Gasteiger partial charge < -0.3 is 10.3 Å². The molecule has 4 nitrogen and oxygen atoms in total. The summed E-state index contributed by atoms with van der Waals surface area (Å²) in [4.78, 5) is 0. The molecule has 108 valence electrons. The smallest absolute Gasteiger partial charge is 0.399 e. The zero-order valence-electron chi connectivity index (χ0n) is 11.2. The molecule has 0 aliphatic carbocycles. The molecule has 1 aromatic heterocycles. The van der Waals surface area contributed by atoms with Gasteiger partial charge in [0, 0.05) is 17.8 Å². The van der Waals surface area contributed by atoms with Crippen molar-refractivity contribution in [3.05, 3.63) is 29.6 Å². The summed E-state index contributed by atoms with van der Waals surface area (Å²) in [6.07, 6.45) is -3.60. The Labute approximate surface area is 114 Å². The van der Waals surface area contributed by atoms with Gasteiger partial charge in [-0.25, -0.2) is 0 Å². The molecule has 0 fully saturated rings. The van der Waals surface area contributed by atoms with Crippen LogP contribution >= 0.6 is 0 Å². The van der Waals surface area contributed by atoms with Crippen LogP contribution in [-0.2, 0) is 12.7 Å². The fourth-order valence-electron chi connectivity index (χ4n) is 2.03. The minimum atomic E-state index is -4.44. The van der Waals surface area contributed by atoms with Crippen LogP contribution in [0.25, 0.3) is 11.4 Å². The first kappa shape index (κ1) is 14.4. The van der Waals surface area contributed by atoms with E-state index in [1.807, 2.05) is 6.92 Å². The van der Waals surface area contributed by atoms with E-state index in [4.69, 9.17) is 5.73 Å². The number of nitrogens with two attached hydrogens (primary N) is 1. The molecular formula is C13H15F3N4. The number of aromatic nitrogens is 3. The van der Waals surface area contributed by atoms with Crippen LogP contribution in [0.3, 0.4) is 0 Å². The Kier molecular flexibility index (Phi) is 3.69. The maximum absolute atomic E-state index is 12.8. The molecular weight excluding hydrogens is 269 g/mol. The van der Waals surface area contributed by atoms with Gasteiger partial charge in [0.1, 0.15) is 5.82 Å². The third kappa shape index (κ3) is 2.76. The molecule has 0 atom stereocenters. The van der Waals surface area contributed by atoms with E-state index in [2.05, 4.69) is 10.2 Å². The summed E-state index contributed by atoms with van der Waals surface area (Å²) >= 11 is 0. The second kappa shape index (κ2) is 5.15. The number of hydrogen-bond donors (Lipinski definition) is 1. The van der Waals surface area contributed by atoms with Gasteiger partial charge in [-0.1, -0.05) is 6.92 Å². The zero-order chi connectivity index (χ0) is 14.9. The Morgan fingerprint density at radius 2 is 1.90 bits per heavy atom. The molecule has 0 saturated heterocycles. The summed E-state index contributed by atoms with van der Waals surface area (Å²) in [7, 11) is 0. The van der Waals surface area contributed by atoms with Crippen molar-refractivity contribution in [3.8, 4) is 11.4 Å². The van der Waals surface area contributed by atoms with E-state index in [-0.39, 0.29) is 5.69 Å². The lowest BCUT2D eigenvalue weighted by Crippen LogP contribution is -2.07. The standard InChI is InChI=1S/C13H15F3N4/c1-3-4-20-8(2)18-19-12(20)9-5-10(13(14,15)16)7-11(17)6-9/h5-7H,3-4,17H2,1-2H3. The van der Waals surface area contributed by atoms with E-state index in [1.165, 1.54) is 6.07 Å². The molecule has 2 aromatic rings. The molecule has 0 aliphatic rings. The molecule has 0 spiro atoms. The van der Waals surface area contributed by atoms with Crippen molar-refractivity contribution in [3.63, 3.8) is 0 Å². The minimum absolute atomic E-state index is 0.0542. The number of alkyl halides is 3. The molecule has 0 amide bonds. The van der Waals surface area contributed by atoms with E-state index < -0.39 is 11.7 Å². The summed E-state index contributed by atoms with van der Waals surface area (Å²) in [5.74, 6) is 1.07. The third-order valence-electron chi connectivity index (χ3n) is 2.92. The van der Waals surface area contributed by atoms with Crippen molar-refractivity contribution >= 4 is 5.69 Å². The van der Waals surface area contributed by atoms with E-state index in [0.29, 0.717) is 23.8 Å². The molecule has 0 aliphatic heterocycles. The van der Waals surface area contributed by atoms with Crippen LogP contribution in [-0.4, -0.2) is 14.8 Å². The van der Waals surface area contributed by atoms with Crippen molar-refractivity contribution < 1.29 is 13.2 Å². The third-order valence-corrected chi connectivity index (χ3v) is 2.92. The highest BCUT2D eigenvalue weighted by Gasteiger charge is 2.31. The van der Waals surface area contributed by atoms with Crippen molar-refractivity contribution in [2.24, 2.45) is 0 Å². The quantitative estimate of drug-likeness (QED) is 0.880. The molecule has 1 aromatic carbocycles. The maximum atomic E-state index is 12.8. The summed E-state index contributed by atoms with van der Waals surface area (Å²) in [5, 5.41) is 7.88. The number of nitrogens with zero attached hydrogens (tertiary/aromatic N) is 3. The first-order valence-electron chi connectivity index (χ1n) is 6.21. The van der Waals surface area contributed by atoms with Crippen LogP contribution in [0.5, 0.6) is 0 Å². The van der Waals surface area contributed by atoms with E-state index in [1.54, 1.807) is 11.5 Å². The van der Waals surface area contributed by atoms with E-state index >= 15 is 0 Å². The normalized spacial score (nSPS) is 11.8. The van der Waals surface area contributed by atoms with Gasteiger partial charge in [-0.2, -0.15) is 13.2 Å². The Bertz CT molecular complexity index is 617. The number of hydrogen-bond acceptors (Lipinski definition) is 3. The fourth-order valence-corrected chi connectivity index (χ4v) is 2.03. The SMILES string of the molecule is CCCn1c(C)nnc1-c1cc(N)cc(C(F)(F)F)c1. The van der Waals surface area contributed by atoms with E-state index in [0.717, 1.165) is 18.6 Å². The molecule has 1 heterocycles. The number of rotatable bonds is 3. The average molecular weight is 284 g/mol. The lowest BCUT2D eigenvalue weighted by Gasteiger charge is -2.11. The van der Waals surface area contributed by atoms with Crippen molar-refractivity contribution in [1.82, 2.24) is 14.8 Å². The Balaban J connectivity index is 2.56. The summed E-state index contributed by atoms with van der Waals surface area (Å²) in [5.41, 5.74) is 5.17. The lowest BCUT2D eigenvalue weighted by atomic mass is 10.1. The van der Waals surface area contributed by atoms with Gasteiger partial charge in [0.2, 0.25) is 0 Å². The van der Waals surface area contributed by atoms with E-state index in [9.17, 15) is 13.2 Å². The van der Waals surface area contributed by atoms with Gasteiger partial charge in [-0.05, 0) is 31.5 Å². The lowest BCUT2D eigenvalue weighted by molar-refractivity contribution is -0.137. The van der Waals surface area contributed by atoms with Gasteiger partial charge in [-0.15, -0.1) is 10.2 Å². The van der Waals surface area contributed by atoms with Gasteiger partial charge >= 0.3 is 6.18 Å². The first-order valence-corrected chi connectivity index (χ1v) is 6.21. The molecule has 0 bridgehead atoms. The topological polar surface area (TPSA) is 56.7 Å². The highest BCUT2D eigenvalue weighted by molar-refractivity contribution is 5.63. The van der Waals surface area contributed by atoms with Gasteiger partial charge in [0.25, 0.3) is 0 Å². The highest BCUT2D eigenvalue weighted by Crippen LogP contribution is 2.33. The Hall–Kier alpha value is -2.05. The van der Waals surface area contributed by atoms with Crippen LogP contribution in [0.1, 0.15) is 24.7 Å². The maximum Gasteiger partial charge on any atom is 0.416 e. The monoisotopic (exact) mass is 284 g/mol. The number of aryl methyl sites for hydroxylation is 1. The number of anilines is 1. The fraction of sp³-hybridized carbons (Fsp3) is 0.385. The molecule has 2 rings (SSSR count). The van der Waals surface area contributed by atoms with Crippen molar-refractivity contribution in [2.45, 2.75) is 33.0 Å². The van der Waals surface area contributed by atoms with Crippen LogP contribution in [0, 0.1) is 6.92 Å². The van der Waals surface area contributed by atoms with Gasteiger partial charge in [0.05, 0.1) is 5.56 Å². The second-order valence-electron chi connectivity index (χ2n) is 4.56. The van der Waals surface area contributed by atoms with Crippen LogP contribution in [0.2, 0.25) is 0 Å². The Morgan fingerprint density at radius 1 is 1.20 bits per heavy atom. The first-order chi connectivity index (χ1) is 9.32. The summed E-state index contributed by atoms with van der Waals surface area (Å²) < 4.78 is 40.2. The van der Waals surface area contributed by atoms with Crippen molar-refractivity contribution in [1.29, 1.82) is 0 Å². The predicted molar refractivity (Wildman–Crippen MR) is 69.9 cm³/mol. The number of nitrogen functional groups attached to an aromatic ring is 1. The van der Waals surface area contributed by atoms with Gasteiger partial charge in [0.15, 0.2) is 5.82 Å².